The summed E-state index contributed by atoms with van der Waals surface area (Å²) in [7, 11) is 2.76. The molecule has 5 rings (SSSR count). The van der Waals surface area contributed by atoms with Crippen LogP contribution in [0, 0.1) is 5.82 Å². The van der Waals surface area contributed by atoms with Gasteiger partial charge in [-0.3, -0.25) is 9.36 Å². The Bertz CT molecular complexity index is 2140. The summed E-state index contributed by atoms with van der Waals surface area (Å²) in [6.45, 7) is 5.37. The molecule has 0 saturated carbocycles. The van der Waals surface area contributed by atoms with Crippen LogP contribution in [0.3, 0.4) is 0 Å². The highest BCUT2D eigenvalue weighted by Gasteiger charge is 2.34. The molecule has 1 aliphatic heterocycles. The third-order valence-corrected chi connectivity index (χ3v) is 9.20. The van der Waals surface area contributed by atoms with Crippen LogP contribution >= 0.6 is 27.3 Å². The molecule has 2 heterocycles. The molecule has 0 radical (unpaired) electrons. The van der Waals surface area contributed by atoms with Crippen molar-refractivity contribution in [1.29, 1.82) is 0 Å². The standard InChI is InChI=1S/C36H34BrFN2O9S/c1-6-46-28-14-22(11-12-26(28)49-19-31(41)45-5)33-32(35(43)47-7-2)20(3)39-36-40(33)34(42)30(50-36)16-23-15-27(44-4)29(17-25(23)37)48-18-21-9-8-10-24(38)13-21/h8-17,33H,6-7,18-19H2,1-5H3/b30-16-/t33-/m1/s1. The molecule has 0 fully saturated rings. The van der Waals surface area contributed by atoms with Gasteiger partial charge in [0.05, 0.1) is 49.3 Å². The van der Waals surface area contributed by atoms with E-state index in [2.05, 4.69) is 25.7 Å². The molecule has 0 saturated heterocycles. The first-order chi connectivity index (χ1) is 24.1. The molecule has 0 N–H and O–H groups in total. The highest BCUT2D eigenvalue weighted by atomic mass is 79.9. The quantitative estimate of drug-likeness (QED) is 0.168. The average molecular weight is 770 g/mol. The number of aromatic nitrogens is 1. The summed E-state index contributed by atoms with van der Waals surface area (Å²) in [5.74, 6) is -0.126. The largest absolute Gasteiger partial charge is 0.493 e. The fourth-order valence-electron chi connectivity index (χ4n) is 5.25. The minimum absolute atomic E-state index is 0.115. The molecule has 50 heavy (non-hydrogen) atoms. The van der Waals surface area contributed by atoms with Crippen molar-refractivity contribution in [3.8, 4) is 23.0 Å². The zero-order valence-corrected chi connectivity index (χ0v) is 30.3. The third kappa shape index (κ3) is 7.92. The molecular weight excluding hydrogens is 735 g/mol. The van der Waals surface area contributed by atoms with E-state index in [9.17, 15) is 18.8 Å². The summed E-state index contributed by atoms with van der Waals surface area (Å²) < 4.78 is 49.2. The van der Waals surface area contributed by atoms with Gasteiger partial charge in [0.1, 0.15) is 12.4 Å². The van der Waals surface area contributed by atoms with Gasteiger partial charge in [-0.25, -0.2) is 19.0 Å². The van der Waals surface area contributed by atoms with Gasteiger partial charge in [-0.2, -0.15) is 0 Å². The lowest BCUT2D eigenvalue weighted by atomic mass is 9.95. The van der Waals surface area contributed by atoms with Crippen LogP contribution in [0.2, 0.25) is 0 Å². The number of halogens is 2. The number of benzene rings is 3. The van der Waals surface area contributed by atoms with Gasteiger partial charge in [-0.1, -0.05) is 45.5 Å². The van der Waals surface area contributed by atoms with Crippen LogP contribution in [0.1, 0.15) is 43.5 Å². The molecule has 14 heteroatoms. The van der Waals surface area contributed by atoms with Crippen molar-refractivity contribution in [3.05, 3.63) is 113 Å². The SMILES string of the molecule is CCOC(=O)C1=C(C)N=c2s/c(=C\c3cc(OC)c(OCc4cccc(F)c4)cc3Br)c(=O)n2[C@@H]1c1ccc(OCC(=O)OC)c(OCC)c1. The van der Waals surface area contributed by atoms with E-state index in [-0.39, 0.29) is 43.6 Å². The molecule has 0 spiro atoms. The summed E-state index contributed by atoms with van der Waals surface area (Å²) in [6.07, 6.45) is 1.70. The molecule has 3 aromatic carbocycles. The van der Waals surface area contributed by atoms with Gasteiger partial charge in [0.2, 0.25) is 0 Å². The minimum atomic E-state index is -0.919. The molecule has 1 aliphatic rings. The molecule has 0 aliphatic carbocycles. The van der Waals surface area contributed by atoms with Gasteiger partial charge in [0, 0.05) is 4.47 Å². The van der Waals surface area contributed by atoms with E-state index in [4.69, 9.17) is 23.7 Å². The summed E-state index contributed by atoms with van der Waals surface area (Å²) in [4.78, 5) is 44.4. The summed E-state index contributed by atoms with van der Waals surface area (Å²) in [5, 5.41) is 0. The van der Waals surface area contributed by atoms with Gasteiger partial charge < -0.3 is 28.4 Å². The Morgan fingerprint density at radius 3 is 2.46 bits per heavy atom. The molecule has 4 aromatic rings. The maximum Gasteiger partial charge on any atom is 0.343 e. The molecule has 11 nitrogen and oxygen atoms in total. The van der Waals surface area contributed by atoms with Gasteiger partial charge in [0.15, 0.2) is 34.4 Å². The number of hydrogen-bond donors (Lipinski definition) is 0. The van der Waals surface area contributed by atoms with Crippen LogP contribution < -0.4 is 33.8 Å². The Morgan fingerprint density at radius 2 is 1.76 bits per heavy atom. The van der Waals surface area contributed by atoms with E-state index in [1.807, 2.05) is 0 Å². The van der Waals surface area contributed by atoms with Crippen molar-refractivity contribution >= 4 is 45.3 Å². The fourth-order valence-corrected chi connectivity index (χ4v) is 6.72. The highest BCUT2D eigenvalue weighted by Crippen LogP contribution is 2.37. The van der Waals surface area contributed by atoms with E-state index < -0.39 is 23.5 Å². The Morgan fingerprint density at radius 1 is 0.980 bits per heavy atom. The minimum Gasteiger partial charge on any atom is -0.493 e. The predicted molar refractivity (Wildman–Crippen MR) is 187 cm³/mol. The van der Waals surface area contributed by atoms with Crippen LogP contribution in [0.5, 0.6) is 23.0 Å². The number of methoxy groups -OCH3 is 2. The first-order valence-corrected chi connectivity index (χ1v) is 17.1. The Balaban J connectivity index is 1.59. The lowest BCUT2D eigenvalue weighted by Crippen LogP contribution is -2.40. The number of thiazole rings is 1. The van der Waals surface area contributed by atoms with Crippen LogP contribution in [0.4, 0.5) is 4.39 Å². The number of allylic oxidation sites excluding steroid dienone is 1. The molecule has 1 atom stereocenters. The lowest BCUT2D eigenvalue weighted by Gasteiger charge is -2.25. The maximum atomic E-state index is 14.2. The molecule has 1 aromatic heterocycles. The monoisotopic (exact) mass is 768 g/mol. The predicted octanol–water partition coefficient (Wildman–Crippen LogP) is 5.24. The van der Waals surface area contributed by atoms with E-state index >= 15 is 0 Å². The van der Waals surface area contributed by atoms with E-state index in [1.165, 1.54) is 30.9 Å². The number of carbonyl (C=O) groups excluding carboxylic acids is 2. The van der Waals surface area contributed by atoms with Gasteiger partial charge in [0.25, 0.3) is 5.56 Å². The Kier molecular flexibility index (Phi) is 11.8. The van der Waals surface area contributed by atoms with Gasteiger partial charge in [-0.05, 0) is 79.9 Å². The molecule has 0 amide bonds. The smallest absolute Gasteiger partial charge is 0.343 e. The number of nitrogens with zero attached hydrogens (tertiary/aromatic N) is 2. The Labute approximate surface area is 299 Å². The number of hydrogen-bond acceptors (Lipinski definition) is 11. The second-order valence-corrected chi connectivity index (χ2v) is 12.6. The number of carbonyl (C=O) groups is 2. The van der Waals surface area contributed by atoms with Crippen molar-refractivity contribution in [2.24, 2.45) is 4.99 Å². The second-order valence-electron chi connectivity index (χ2n) is 10.7. The zero-order valence-electron chi connectivity index (χ0n) is 27.9. The number of rotatable bonds is 13. The molecule has 0 bridgehead atoms. The zero-order chi connectivity index (χ0) is 35.9. The first-order valence-electron chi connectivity index (χ1n) is 15.5. The van der Waals surface area contributed by atoms with E-state index in [0.29, 0.717) is 53.4 Å². The van der Waals surface area contributed by atoms with Gasteiger partial charge >= 0.3 is 11.9 Å². The van der Waals surface area contributed by atoms with Crippen molar-refractivity contribution in [1.82, 2.24) is 4.57 Å². The third-order valence-electron chi connectivity index (χ3n) is 7.53. The first kappa shape index (κ1) is 36.3. The van der Waals surface area contributed by atoms with E-state index in [1.54, 1.807) is 69.3 Å². The van der Waals surface area contributed by atoms with Crippen molar-refractivity contribution in [2.75, 3.05) is 34.0 Å². The average Bonchev–Trinajstić information content (AvgIpc) is 3.40. The second kappa shape index (κ2) is 16.2. The molecular formula is C36H34BrFN2O9S. The normalized spacial score (nSPS) is 14.1. The summed E-state index contributed by atoms with van der Waals surface area (Å²) in [5.41, 5.74) is 2.00. The maximum absolute atomic E-state index is 14.2. The number of esters is 2. The topological polar surface area (TPSA) is 124 Å². The van der Waals surface area contributed by atoms with Crippen molar-refractivity contribution in [3.63, 3.8) is 0 Å². The van der Waals surface area contributed by atoms with Crippen molar-refractivity contribution < 1.29 is 42.4 Å². The van der Waals surface area contributed by atoms with Crippen molar-refractivity contribution in [2.45, 2.75) is 33.4 Å². The summed E-state index contributed by atoms with van der Waals surface area (Å²) >= 11 is 4.74. The van der Waals surface area contributed by atoms with Gasteiger partial charge in [-0.15, -0.1) is 0 Å². The van der Waals surface area contributed by atoms with Crippen LogP contribution in [0.25, 0.3) is 6.08 Å². The van der Waals surface area contributed by atoms with Crippen LogP contribution in [-0.4, -0.2) is 50.5 Å². The van der Waals surface area contributed by atoms with E-state index in [0.717, 1.165) is 11.3 Å². The van der Waals surface area contributed by atoms with Crippen LogP contribution in [-0.2, 0) is 25.7 Å². The number of fused-ring (bicyclic) bond motifs is 1. The molecule has 262 valence electrons. The fraction of sp³-hybridized carbons (Fsp3) is 0.278. The number of ether oxygens (including phenoxy) is 6. The Hall–Kier alpha value is -4.95. The lowest BCUT2D eigenvalue weighted by molar-refractivity contribution is -0.143. The van der Waals surface area contributed by atoms with Crippen LogP contribution in [0.15, 0.2) is 80.1 Å². The molecule has 0 unspecified atom stereocenters. The highest BCUT2D eigenvalue weighted by molar-refractivity contribution is 9.10. The summed E-state index contributed by atoms with van der Waals surface area (Å²) in [6, 6.07) is 13.6.